The first-order valence-corrected chi connectivity index (χ1v) is 16.5. The summed E-state index contributed by atoms with van der Waals surface area (Å²) in [6.45, 7) is 15.3. The van der Waals surface area contributed by atoms with Crippen molar-refractivity contribution in [1.29, 1.82) is 5.26 Å². The Labute approximate surface area is 288 Å². The Morgan fingerprint density at radius 3 is 2.27 bits per heavy atom. The summed E-state index contributed by atoms with van der Waals surface area (Å²) in [5.41, 5.74) is 3.22. The second-order valence-corrected chi connectivity index (χ2v) is 13.1. The topological polar surface area (TPSA) is 121 Å². The third kappa shape index (κ3) is 9.37. The second-order valence-electron chi connectivity index (χ2n) is 12.7. The number of piperazine rings is 2. The fraction of sp³-hybridized carbons (Fsp3) is 0.471. The van der Waals surface area contributed by atoms with Gasteiger partial charge < -0.3 is 20.1 Å². The third-order valence-electron chi connectivity index (χ3n) is 9.10. The van der Waals surface area contributed by atoms with Crippen molar-refractivity contribution >= 4 is 23.5 Å². The number of aliphatic carboxylic acids is 1. The van der Waals surface area contributed by atoms with E-state index in [-0.39, 0.29) is 5.41 Å². The van der Waals surface area contributed by atoms with Crippen LogP contribution >= 0.6 is 11.6 Å². The molecule has 15 heteroatoms. The molecule has 4 heterocycles. The van der Waals surface area contributed by atoms with Crippen molar-refractivity contribution in [1.82, 2.24) is 30.2 Å². The average molecular weight is 701 g/mol. The van der Waals surface area contributed by atoms with Crippen LogP contribution in [0.3, 0.4) is 0 Å². The summed E-state index contributed by atoms with van der Waals surface area (Å²) in [6.07, 6.45) is -3.25. The number of ether oxygens (including phenoxy) is 1. The lowest BCUT2D eigenvalue weighted by Crippen LogP contribution is -2.68. The number of nitrogens with zero attached hydrogens (tertiary/aromatic N) is 7. The Kier molecular flexibility index (Phi) is 11.6. The van der Waals surface area contributed by atoms with E-state index in [0.717, 1.165) is 94.0 Å². The van der Waals surface area contributed by atoms with Gasteiger partial charge in [-0.1, -0.05) is 37.6 Å². The van der Waals surface area contributed by atoms with Crippen molar-refractivity contribution in [2.45, 2.75) is 38.1 Å². The van der Waals surface area contributed by atoms with Crippen LogP contribution in [0.5, 0.6) is 5.75 Å². The van der Waals surface area contributed by atoms with E-state index >= 15 is 0 Å². The van der Waals surface area contributed by atoms with Crippen molar-refractivity contribution in [3.8, 4) is 11.8 Å². The molecule has 3 saturated heterocycles. The molecule has 262 valence electrons. The van der Waals surface area contributed by atoms with Gasteiger partial charge in [0.2, 0.25) is 5.95 Å². The molecule has 6 rings (SSSR count). The number of rotatable bonds is 8. The number of nitriles is 1. The summed E-state index contributed by atoms with van der Waals surface area (Å²) in [5, 5.41) is 25.5. The highest BCUT2D eigenvalue weighted by atomic mass is 35.5. The number of alkyl halides is 3. The molecule has 0 atom stereocenters. The highest BCUT2D eigenvalue weighted by molar-refractivity contribution is 6.30. The van der Waals surface area contributed by atoms with Crippen LogP contribution in [0.15, 0.2) is 54.7 Å². The Morgan fingerprint density at radius 1 is 1.00 bits per heavy atom. The minimum absolute atomic E-state index is 0.316. The molecule has 0 spiro atoms. The summed E-state index contributed by atoms with van der Waals surface area (Å²) in [6, 6.07) is 18.4. The van der Waals surface area contributed by atoms with E-state index in [1.54, 1.807) is 6.07 Å². The number of halogens is 4. The monoisotopic (exact) mass is 700 g/mol. The molecule has 0 saturated carbocycles. The van der Waals surface area contributed by atoms with E-state index in [9.17, 15) is 18.4 Å². The molecule has 3 aliphatic rings. The van der Waals surface area contributed by atoms with E-state index in [1.807, 2.05) is 36.5 Å². The van der Waals surface area contributed by atoms with Crippen molar-refractivity contribution in [3.63, 3.8) is 0 Å². The predicted molar refractivity (Wildman–Crippen MR) is 178 cm³/mol. The highest BCUT2D eigenvalue weighted by Gasteiger charge is 2.38. The van der Waals surface area contributed by atoms with Gasteiger partial charge in [0.15, 0.2) is 0 Å². The van der Waals surface area contributed by atoms with Crippen LogP contribution in [0.1, 0.15) is 36.2 Å². The molecule has 49 heavy (non-hydrogen) atoms. The van der Waals surface area contributed by atoms with Gasteiger partial charge >= 0.3 is 12.1 Å². The van der Waals surface area contributed by atoms with E-state index in [1.165, 1.54) is 0 Å². The van der Waals surface area contributed by atoms with E-state index in [0.29, 0.717) is 23.2 Å². The Hall–Kier alpha value is -4.00. The van der Waals surface area contributed by atoms with Gasteiger partial charge in [-0.15, -0.1) is 0 Å². The van der Waals surface area contributed by atoms with Crippen LogP contribution in [-0.4, -0.2) is 114 Å². The highest BCUT2D eigenvalue weighted by Crippen LogP contribution is 2.34. The maximum Gasteiger partial charge on any atom is 0.490 e. The van der Waals surface area contributed by atoms with Crippen LogP contribution < -0.4 is 15.0 Å². The summed E-state index contributed by atoms with van der Waals surface area (Å²) in [5.74, 6) is -1.20. The van der Waals surface area contributed by atoms with Gasteiger partial charge in [0, 0.05) is 88.1 Å². The number of hydrogen-bond acceptors (Lipinski definition) is 10. The first kappa shape index (κ1) is 36.3. The number of anilines is 1. The van der Waals surface area contributed by atoms with Gasteiger partial charge in [0.25, 0.3) is 0 Å². The van der Waals surface area contributed by atoms with Crippen LogP contribution in [0, 0.1) is 11.3 Å². The van der Waals surface area contributed by atoms with Crippen LogP contribution in [0.4, 0.5) is 19.1 Å². The predicted octanol–water partition coefficient (Wildman–Crippen LogP) is 4.17. The molecule has 0 amide bonds. The fourth-order valence-corrected chi connectivity index (χ4v) is 6.28. The maximum absolute atomic E-state index is 10.6. The zero-order valence-corrected chi connectivity index (χ0v) is 28.2. The molecule has 0 bridgehead atoms. The van der Waals surface area contributed by atoms with Crippen molar-refractivity contribution < 1.29 is 27.8 Å². The molecule has 2 aromatic carbocycles. The smallest absolute Gasteiger partial charge is 0.487 e. The minimum atomic E-state index is -5.08. The van der Waals surface area contributed by atoms with Crippen LogP contribution in [0.2, 0.25) is 5.02 Å². The van der Waals surface area contributed by atoms with Gasteiger partial charge in [-0.3, -0.25) is 4.90 Å². The number of carboxylic acids is 1. The maximum atomic E-state index is 10.6. The van der Waals surface area contributed by atoms with Gasteiger partial charge in [0.05, 0.1) is 17.3 Å². The third-order valence-corrected chi connectivity index (χ3v) is 9.32. The molecule has 11 nitrogen and oxygen atoms in total. The average Bonchev–Trinajstić information content (AvgIpc) is 3.07. The van der Waals surface area contributed by atoms with Crippen molar-refractivity contribution in [3.05, 3.63) is 82.1 Å². The Morgan fingerprint density at radius 2 is 1.65 bits per heavy atom. The van der Waals surface area contributed by atoms with Gasteiger partial charge in [-0.05, 0) is 47.5 Å². The number of carbonyl (C=O) groups is 1. The lowest BCUT2D eigenvalue weighted by atomic mass is 9.78. The SMILES string of the molecule is CC(C)(c1ccc(OCc2ccnc(N3CCN(C4CN(N5CCNCC5)C4)CC3)n2)cc1)c1cc(Cl)cc(C#N)c1.O=C(O)C(F)(F)F. The molecule has 0 unspecified atom stereocenters. The van der Waals surface area contributed by atoms with Gasteiger partial charge in [0.1, 0.15) is 12.4 Å². The summed E-state index contributed by atoms with van der Waals surface area (Å²) in [7, 11) is 0. The fourth-order valence-electron chi connectivity index (χ4n) is 6.04. The minimum Gasteiger partial charge on any atom is -0.487 e. The lowest BCUT2D eigenvalue weighted by molar-refractivity contribution is -0.192. The number of carboxylic acid groups (broad SMARTS) is 1. The van der Waals surface area contributed by atoms with Crippen molar-refractivity contribution in [2.75, 3.05) is 70.3 Å². The van der Waals surface area contributed by atoms with Gasteiger partial charge in [-0.2, -0.15) is 18.4 Å². The number of hydrogen-bond donors (Lipinski definition) is 2. The normalized spacial score (nSPS) is 18.2. The first-order chi connectivity index (χ1) is 23.3. The van der Waals surface area contributed by atoms with Crippen LogP contribution in [-0.2, 0) is 16.8 Å². The molecule has 3 aromatic rings. The number of nitrogens with one attached hydrogen (secondary N) is 1. The summed E-state index contributed by atoms with van der Waals surface area (Å²) >= 11 is 6.27. The number of hydrazine groups is 1. The zero-order chi connectivity index (χ0) is 35.2. The Balaban J connectivity index is 0.000000606. The number of aromatic nitrogens is 2. The number of benzene rings is 2. The Bertz CT molecular complexity index is 1620. The molecular weight excluding hydrogens is 661 g/mol. The second kappa shape index (κ2) is 15.7. The largest absolute Gasteiger partial charge is 0.490 e. The summed E-state index contributed by atoms with van der Waals surface area (Å²) in [4.78, 5) is 23.2. The summed E-state index contributed by atoms with van der Waals surface area (Å²) < 4.78 is 37.8. The van der Waals surface area contributed by atoms with E-state index < -0.39 is 12.1 Å². The molecular formula is C34H40ClF3N8O3. The lowest BCUT2D eigenvalue weighted by Gasteiger charge is -2.52. The zero-order valence-electron chi connectivity index (χ0n) is 27.5. The molecule has 0 aliphatic carbocycles. The quantitative estimate of drug-likeness (QED) is 0.353. The first-order valence-electron chi connectivity index (χ1n) is 16.1. The standard InChI is InChI=1S/C32H39ClN8O.C2HF3O2/c1-32(2,26-17-24(20-34)18-27(33)19-26)25-3-5-30(6-4-25)42-23-28-7-8-36-31(37-28)39-15-13-38(14-16-39)29-21-41(22-29)40-11-9-35-10-12-40;3-2(4,5)1(6)7/h3-8,17-19,29,35H,9-16,21-23H2,1-2H3;(H,6,7). The van der Waals surface area contributed by atoms with E-state index in [2.05, 4.69) is 62.2 Å². The van der Waals surface area contributed by atoms with E-state index in [4.69, 9.17) is 31.2 Å². The van der Waals surface area contributed by atoms with Crippen LogP contribution in [0.25, 0.3) is 0 Å². The molecule has 1 aromatic heterocycles. The molecule has 3 aliphatic heterocycles. The molecule has 0 radical (unpaired) electrons. The molecule has 2 N–H and O–H groups in total. The van der Waals surface area contributed by atoms with Crippen molar-refractivity contribution in [2.24, 2.45) is 0 Å². The van der Waals surface area contributed by atoms with Gasteiger partial charge in [-0.25, -0.2) is 24.8 Å². The molecule has 3 fully saturated rings.